The summed E-state index contributed by atoms with van der Waals surface area (Å²) in [6.45, 7) is 4.18. The number of nitrogens with zero attached hydrogens (tertiary/aromatic N) is 1. The van der Waals surface area contributed by atoms with Gasteiger partial charge in [-0.3, -0.25) is 14.8 Å². The third-order valence-electron chi connectivity index (χ3n) is 4.61. The van der Waals surface area contributed by atoms with E-state index in [1.807, 2.05) is 6.92 Å². The van der Waals surface area contributed by atoms with E-state index in [9.17, 15) is 9.59 Å². The summed E-state index contributed by atoms with van der Waals surface area (Å²) < 4.78 is 5.74. The maximum absolute atomic E-state index is 12.8. The highest BCUT2D eigenvalue weighted by molar-refractivity contribution is 5.94. The molecule has 0 radical (unpaired) electrons. The van der Waals surface area contributed by atoms with E-state index in [0.717, 1.165) is 24.8 Å². The zero-order valence-electron chi connectivity index (χ0n) is 13.3. The molecule has 1 aromatic carbocycles. The lowest BCUT2D eigenvalue weighted by atomic mass is 9.69. The van der Waals surface area contributed by atoms with Gasteiger partial charge in [0.2, 0.25) is 5.91 Å². The molecule has 1 aliphatic carbocycles. The second kappa shape index (κ2) is 5.70. The number of rotatable bonds is 2. The summed E-state index contributed by atoms with van der Waals surface area (Å²) in [7, 11) is 0. The normalized spacial score (nSPS) is 18.7. The number of hydrogen-bond donors (Lipinski definition) is 2. The van der Waals surface area contributed by atoms with Crippen LogP contribution >= 0.6 is 0 Å². The standard InChI is InChI=1S/C17H20N2O4/c1-11-9-19(16(21)17(2)6-3-7-17)10-13-5-4-12(15(20)18-22)8-14(13)23-11/h4-5,8-9,22H,3,6-7,10H2,1-2H3,(H,18,20). The Kier molecular flexibility index (Phi) is 3.85. The van der Waals surface area contributed by atoms with E-state index in [1.54, 1.807) is 41.7 Å². The van der Waals surface area contributed by atoms with Crippen molar-refractivity contribution < 1.29 is 19.5 Å². The lowest BCUT2D eigenvalue weighted by molar-refractivity contribution is -0.143. The van der Waals surface area contributed by atoms with Crippen LogP contribution in [0.3, 0.4) is 0 Å². The van der Waals surface area contributed by atoms with Crippen LogP contribution in [-0.2, 0) is 11.3 Å². The fourth-order valence-corrected chi connectivity index (χ4v) is 3.03. The molecular formula is C17H20N2O4. The van der Waals surface area contributed by atoms with Gasteiger partial charge in [-0.1, -0.05) is 19.4 Å². The van der Waals surface area contributed by atoms with Gasteiger partial charge in [0.15, 0.2) is 0 Å². The van der Waals surface area contributed by atoms with E-state index in [4.69, 9.17) is 9.94 Å². The molecule has 2 amide bonds. The van der Waals surface area contributed by atoms with Gasteiger partial charge < -0.3 is 9.64 Å². The van der Waals surface area contributed by atoms with Crippen molar-refractivity contribution >= 4 is 11.8 Å². The molecule has 23 heavy (non-hydrogen) atoms. The van der Waals surface area contributed by atoms with Crippen molar-refractivity contribution in [1.82, 2.24) is 10.4 Å². The molecule has 1 fully saturated rings. The molecule has 122 valence electrons. The first-order valence-electron chi connectivity index (χ1n) is 7.68. The minimum absolute atomic E-state index is 0.108. The van der Waals surface area contributed by atoms with E-state index in [-0.39, 0.29) is 11.3 Å². The summed E-state index contributed by atoms with van der Waals surface area (Å²) >= 11 is 0. The first-order valence-corrected chi connectivity index (χ1v) is 7.68. The number of benzene rings is 1. The number of carbonyl (C=O) groups is 2. The molecule has 1 saturated carbocycles. The van der Waals surface area contributed by atoms with Crippen LogP contribution in [0.4, 0.5) is 0 Å². The Bertz CT molecular complexity index is 692. The van der Waals surface area contributed by atoms with Gasteiger partial charge in [0.1, 0.15) is 11.5 Å². The van der Waals surface area contributed by atoms with Crippen LogP contribution in [0.2, 0.25) is 0 Å². The molecule has 0 spiro atoms. The molecule has 1 aliphatic heterocycles. The third-order valence-corrected chi connectivity index (χ3v) is 4.61. The Morgan fingerprint density at radius 2 is 2.09 bits per heavy atom. The number of carbonyl (C=O) groups excluding carboxylic acids is 2. The maximum atomic E-state index is 12.8. The average Bonchev–Trinajstić information content (AvgIpc) is 2.68. The number of hydroxylamine groups is 1. The van der Waals surface area contributed by atoms with E-state index < -0.39 is 5.91 Å². The minimum Gasteiger partial charge on any atom is -0.460 e. The lowest BCUT2D eigenvalue weighted by Crippen LogP contribution is -2.43. The van der Waals surface area contributed by atoms with Crippen molar-refractivity contribution in [2.75, 3.05) is 0 Å². The molecule has 0 aromatic heterocycles. The molecule has 0 saturated heterocycles. The predicted octanol–water partition coefficient (Wildman–Crippen LogP) is 2.58. The predicted molar refractivity (Wildman–Crippen MR) is 82.6 cm³/mol. The Balaban J connectivity index is 1.90. The number of allylic oxidation sites excluding steroid dienone is 1. The Morgan fingerprint density at radius 3 is 2.70 bits per heavy atom. The fraction of sp³-hybridized carbons (Fsp3) is 0.412. The molecule has 6 nitrogen and oxygen atoms in total. The van der Waals surface area contributed by atoms with Crippen molar-refractivity contribution in [3.05, 3.63) is 41.3 Å². The number of fused-ring (bicyclic) bond motifs is 1. The van der Waals surface area contributed by atoms with E-state index in [0.29, 0.717) is 23.6 Å². The van der Waals surface area contributed by atoms with Crippen molar-refractivity contribution in [1.29, 1.82) is 0 Å². The van der Waals surface area contributed by atoms with Gasteiger partial charge in [0, 0.05) is 22.7 Å². The molecule has 0 unspecified atom stereocenters. The van der Waals surface area contributed by atoms with Crippen LogP contribution in [0.1, 0.15) is 49.0 Å². The third kappa shape index (κ3) is 2.82. The SMILES string of the molecule is CC1=CN(C(=O)C2(C)CCC2)Cc2ccc(C(=O)NO)cc2O1. The van der Waals surface area contributed by atoms with Crippen LogP contribution in [-0.4, -0.2) is 21.9 Å². The summed E-state index contributed by atoms with van der Waals surface area (Å²) in [5, 5.41) is 8.73. The number of nitrogens with one attached hydrogen (secondary N) is 1. The molecule has 1 aromatic rings. The summed E-state index contributed by atoms with van der Waals surface area (Å²) in [6, 6.07) is 4.91. The number of ether oxygens (including phenoxy) is 1. The molecular weight excluding hydrogens is 296 g/mol. The van der Waals surface area contributed by atoms with Crippen molar-refractivity contribution in [2.45, 2.75) is 39.7 Å². The Labute approximate surface area is 134 Å². The second-order valence-corrected chi connectivity index (χ2v) is 6.45. The van der Waals surface area contributed by atoms with Crippen molar-refractivity contribution in [3.8, 4) is 5.75 Å². The smallest absolute Gasteiger partial charge is 0.274 e. The number of hydrogen-bond acceptors (Lipinski definition) is 4. The van der Waals surface area contributed by atoms with E-state index >= 15 is 0 Å². The highest BCUT2D eigenvalue weighted by Crippen LogP contribution is 2.43. The van der Waals surface area contributed by atoms with Crippen LogP contribution < -0.4 is 10.2 Å². The maximum Gasteiger partial charge on any atom is 0.274 e. The topological polar surface area (TPSA) is 78.9 Å². The van der Waals surface area contributed by atoms with Gasteiger partial charge in [0.25, 0.3) is 5.91 Å². The van der Waals surface area contributed by atoms with Crippen LogP contribution in [0.5, 0.6) is 5.75 Å². The van der Waals surface area contributed by atoms with Crippen molar-refractivity contribution in [3.63, 3.8) is 0 Å². The molecule has 6 heteroatoms. The molecule has 2 aliphatic rings. The quantitative estimate of drug-likeness (QED) is 0.649. The summed E-state index contributed by atoms with van der Waals surface area (Å²) in [5.41, 5.74) is 2.44. The monoisotopic (exact) mass is 316 g/mol. The second-order valence-electron chi connectivity index (χ2n) is 6.45. The summed E-state index contributed by atoms with van der Waals surface area (Å²) in [5.74, 6) is 0.615. The fourth-order valence-electron chi connectivity index (χ4n) is 3.03. The lowest BCUT2D eigenvalue weighted by Gasteiger charge is -2.39. The first-order chi connectivity index (χ1) is 10.9. The zero-order chi connectivity index (χ0) is 16.6. The van der Waals surface area contributed by atoms with Gasteiger partial charge >= 0.3 is 0 Å². The highest BCUT2D eigenvalue weighted by Gasteiger charge is 2.42. The van der Waals surface area contributed by atoms with Crippen LogP contribution in [0, 0.1) is 5.41 Å². The van der Waals surface area contributed by atoms with Crippen LogP contribution in [0.25, 0.3) is 0 Å². The summed E-state index contributed by atoms with van der Waals surface area (Å²) in [6.07, 6.45) is 4.64. The average molecular weight is 316 g/mol. The van der Waals surface area contributed by atoms with Crippen molar-refractivity contribution in [2.24, 2.45) is 5.41 Å². The van der Waals surface area contributed by atoms with Gasteiger partial charge in [-0.2, -0.15) is 0 Å². The summed E-state index contributed by atoms with van der Waals surface area (Å²) in [4.78, 5) is 26.0. The molecule has 3 rings (SSSR count). The van der Waals surface area contributed by atoms with E-state index in [2.05, 4.69) is 0 Å². The first kappa shape index (κ1) is 15.6. The Hall–Kier alpha value is -2.34. The molecule has 2 N–H and O–H groups in total. The minimum atomic E-state index is -0.600. The van der Waals surface area contributed by atoms with Gasteiger partial charge in [-0.15, -0.1) is 0 Å². The zero-order valence-corrected chi connectivity index (χ0v) is 13.3. The largest absolute Gasteiger partial charge is 0.460 e. The number of amides is 2. The highest BCUT2D eigenvalue weighted by atomic mass is 16.5. The molecule has 1 heterocycles. The molecule has 0 atom stereocenters. The van der Waals surface area contributed by atoms with E-state index in [1.165, 1.54) is 0 Å². The Morgan fingerprint density at radius 1 is 1.35 bits per heavy atom. The van der Waals surface area contributed by atoms with Gasteiger partial charge in [-0.05, 0) is 31.9 Å². The van der Waals surface area contributed by atoms with Gasteiger partial charge in [-0.25, -0.2) is 5.48 Å². The van der Waals surface area contributed by atoms with Gasteiger partial charge in [0.05, 0.1) is 6.54 Å². The molecule has 0 bridgehead atoms. The van der Waals surface area contributed by atoms with Crippen LogP contribution in [0.15, 0.2) is 30.2 Å².